The molecular formula is C20H22N4O4S2. The van der Waals surface area contributed by atoms with Crippen LogP contribution in [-0.2, 0) is 16.1 Å². The van der Waals surface area contributed by atoms with E-state index in [2.05, 4.69) is 10.3 Å². The van der Waals surface area contributed by atoms with Gasteiger partial charge in [0, 0.05) is 13.2 Å². The quantitative estimate of drug-likeness (QED) is 0.558. The zero-order chi connectivity index (χ0) is 21.1. The highest BCUT2D eigenvalue weighted by Crippen LogP contribution is 2.27. The predicted molar refractivity (Wildman–Crippen MR) is 118 cm³/mol. The molecule has 1 unspecified atom stereocenters. The number of thioether (sulfide) groups is 1. The lowest BCUT2D eigenvalue weighted by Gasteiger charge is -2.13. The van der Waals surface area contributed by atoms with Crippen molar-refractivity contribution in [3.8, 4) is 5.69 Å². The van der Waals surface area contributed by atoms with Gasteiger partial charge in [0.1, 0.15) is 11.2 Å². The lowest BCUT2D eigenvalue weighted by Crippen LogP contribution is -2.42. The molecule has 0 saturated carbocycles. The van der Waals surface area contributed by atoms with Crippen molar-refractivity contribution in [3.63, 3.8) is 0 Å². The Balaban J connectivity index is 1.75. The molecule has 3 aromatic rings. The molecule has 0 aliphatic carbocycles. The molecule has 4 rings (SSSR count). The highest BCUT2D eigenvalue weighted by Gasteiger charge is 2.21. The summed E-state index contributed by atoms with van der Waals surface area (Å²) in [5.74, 6) is 0.476. The van der Waals surface area contributed by atoms with E-state index in [0.717, 1.165) is 23.2 Å². The smallest absolute Gasteiger partial charge is 0.337 e. The van der Waals surface area contributed by atoms with Gasteiger partial charge in [-0.1, -0.05) is 36.9 Å². The van der Waals surface area contributed by atoms with Crippen molar-refractivity contribution in [2.75, 3.05) is 18.9 Å². The summed E-state index contributed by atoms with van der Waals surface area (Å²) in [5, 5.41) is 2.83. The number of rotatable bonds is 7. The van der Waals surface area contributed by atoms with Gasteiger partial charge in [0.2, 0.25) is 5.91 Å². The number of nitrogens with one attached hydrogen (secondary N) is 1. The molecule has 1 amide bonds. The number of para-hydroxylation sites is 1. The molecule has 1 N–H and O–H groups in total. The molecule has 1 saturated heterocycles. The maximum absolute atomic E-state index is 13.2. The van der Waals surface area contributed by atoms with Crippen LogP contribution in [0.4, 0.5) is 0 Å². The van der Waals surface area contributed by atoms with Crippen LogP contribution in [-0.4, -0.2) is 45.0 Å². The fourth-order valence-corrected chi connectivity index (χ4v) is 5.35. The maximum atomic E-state index is 13.2. The normalized spacial score (nSPS) is 16.2. The molecule has 8 nitrogen and oxygen atoms in total. The van der Waals surface area contributed by atoms with Gasteiger partial charge >= 0.3 is 5.69 Å². The number of carbonyl (C=O) groups is 1. The molecule has 1 aromatic carbocycles. The molecule has 0 bridgehead atoms. The lowest BCUT2D eigenvalue weighted by atomic mass is 10.2. The van der Waals surface area contributed by atoms with Crippen molar-refractivity contribution < 1.29 is 9.53 Å². The summed E-state index contributed by atoms with van der Waals surface area (Å²) in [7, 11) is 0. The Hall–Kier alpha value is -2.43. The second-order valence-electron chi connectivity index (χ2n) is 6.85. The van der Waals surface area contributed by atoms with Gasteiger partial charge < -0.3 is 10.1 Å². The van der Waals surface area contributed by atoms with E-state index in [0.29, 0.717) is 27.9 Å². The summed E-state index contributed by atoms with van der Waals surface area (Å²) in [5.41, 5.74) is -0.284. The second-order valence-corrected chi connectivity index (χ2v) is 9.36. The van der Waals surface area contributed by atoms with Gasteiger partial charge in [-0.05, 0) is 30.7 Å². The molecule has 1 fully saturated rings. The van der Waals surface area contributed by atoms with Gasteiger partial charge in [0.25, 0.3) is 5.56 Å². The van der Waals surface area contributed by atoms with Crippen molar-refractivity contribution >= 4 is 39.4 Å². The monoisotopic (exact) mass is 446 g/mol. The van der Waals surface area contributed by atoms with Crippen molar-refractivity contribution in [3.05, 3.63) is 51.2 Å². The number of carbonyl (C=O) groups excluding carboxylic acids is 1. The van der Waals surface area contributed by atoms with Gasteiger partial charge in [-0.2, -0.15) is 0 Å². The summed E-state index contributed by atoms with van der Waals surface area (Å²) >= 11 is 2.75. The molecule has 10 heteroatoms. The molecule has 1 aliphatic heterocycles. The Morgan fingerprint density at radius 2 is 2.13 bits per heavy atom. The molecule has 30 heavy (non-hydrogen) atoms. The second kappa shape index (κ2) is 9.15. The number of benzene rings is 1. The van der Waals surface area contributed by atoms with Crippen molar-refractivity contribution in [2.24, 2.45) is 0 Å². The molecule has 2 aromatic heterocycles. The topological polar surface area (TPSA) is 95.2 Å². The Kier molecular flexibility index (Phi) is 6.35. The van der Waals surface area contributed by atoms with Gasteiger partial charge in [-0.15, -0.1) is 11.3 Å². The highest BCUT2D eigenvalue weighted by atomic mass is 32.2. The van der Waals surface area contributed by atoms with Crippen molar-refractivity contribution in [2.45, 2.75) is 36.8 Å². The molecule has 158 valence electrons. The summed E-state index contributed by atoms with van der Waals surface area (Å²) < 4.78 is 8.98. The van der Waals surface area contributed by atoms with Crippen LogP contribution in [0.2, 0.25) is 0 Å². The summed E-state index contributed by atoms with van der Waals surface area (Å²) in [6.45, 7) is 2.89. The van der Waals surface area contributed by atoms with Crippen LogP contribution in [0.15, 0.2) is 44.3 Å². The van der Waals surface area contributed by atoms with E-state index < -0.39 is 11.2 Å². The number of aromatic nitrogens is 3. The fraction of sp³-hybridized carbons (Fsp3) is 0.400. The zero-order valence-corrected chi connectivity index (χ0v) is 18.1. The van der Waals surface area contributed by atoms with E-state index in [-0.39, 0.29) is 24.2 Å². The van der Waals surface area contributed by atoms with Crippen molar-refractivity contribution in [1.29, 1.82) is 0 Å². The van der Waals surface area contributed by atoms with E-state index in [1.807, 2.05) is 13.0 Å². The molecule has 0 spiro atoms. The average Bonchev–Trinajstić information content (AvgIpc) is 3.41. The Morgan fingerprint density at radius 3 is 2.83 bits per heavy atom. The molecular weight excluding hydrogens is 424 g/mol. The summed E-state index contributed by atoms with van der Waals surface area (Å²) in [6, 6.07) is 8.72. The van der Waals surface area contributed by atoms with E-state index in [1.165, 1.54) is 27.7 Å². The maximum Gasteiger partial charge on any atom is 0.337 e. The largest absolute Gasteiger partial charge is 0.376 e. The third-order valence-electron chi connectivity index (χ3n) is 4.80. The van der Waals surface area contributed by atoms with Crippen molar-refractivity contribution in [1.82, 2.24) is 19.4 Å². The van der Waals surface area contributed by atoms with E-state index in [4.69, 9.17) is 4.74 Å². The Bertz CT molecular complexity index is 1160. The van der Waals surface area contributed by atoms with Gasteiger partial charge in [-0.25, -0.2) is 14.3 Å². The molecule has 0 radical (unpaired) electrons. The zero-order valence-electron chi connectivity index (χ0n) is 16.5. The average molecular weight is 447 g/mol. The Labute approximate surface area is 180 Å². The molecule has 1 aliphatic rings. The third-order valence-corrected chi connectivity index (χ3v) is 6.86. The molecule has 3 heterocycles. The van der Waals surface area contributed by atoms with E-state index in [9.17, 15) is 14.4 Å². The van der Waals surface area contributed by atoms with Crippen LogP contribution in [0.25, 0.3) is 16.0 Å². The SMILES string of the molecule is CCSc1nc2c(s1)c(=O)n(-c1ccccc1)c(=O)n2CC(=O)NCC1CCCO1. The minimum atomic E-state index is -0.579. The van der Waals surface area contributed by atoms with E-state index in [1.54, 1.807) is 24.3 Å². The number of amides is 1. The Morgan fingerprint density at radius 1 is 1.33 bits per heavy atom. The van der Waals surface area contributed by atoms with E-state index >= 15 is 0 Å². The number of ether oxygens (including phenoxy) is 1. The highest BCUT2D eigenvalue weighted by molar-refractivity contribution is 8.01. The number of nitrogens with zero attached hydrogens (tertiary/aromatic N) is 3. The minimum absolute atomic E-state index is 0.00999. The van der Waals surface area contributed by atoms with Crippen LogP contribution in [0.3, 0.4) is 0 Å². The van der Waals surface area contributed by atoms with Crippen LogP contribution in [0.5, 0.6) is 0 Å². The fourth-order valence-electron chi connectivity index (χ4n) is 3.38. The first-order valence-electron chi connectivity index (χ1n) is 9.81. The van der Waals surface area contributed by atoms with Crippen LogP contribution < -0.4 is 16.6 Å². The summed E-state index contributed by atoms with van der Waals surface area (Å²) in [6.07, 6.45) is 1.91. The number of fused-ring (bicyclic) bond motifs is 1. The number of hydrogen-bond acceptors (Lipinski definition) is 7. The molecule has 1 atom stereocenters. The first kappa shape index (κ1) is 20.8. The summed E-state index contributed by atoms with van der Waals surface area (Å²) in [4.78, 5) is 43.4. The standard InChI is InChI=1S/C20H22N4O4S2/c1-2-29-19-22-17-16(30-19)18(26)24(13-7-4-3-5-8-13)20(27)23(17)12-15(25)21-11-14-9-6-10-28-14/h3-5,7-8,14H,2,6,9-12H2,1H3,(H,21,25). The first-order valence-corrected chi connectivity index (χ1v) is 11.6. The predicted octanol–water partition coefficient (Wildman–Crippen LogP) is 2.02. The van der Waals surface area contributed by atoms with Gasteiger partial charge in [0.15, 0.2) is 9.99 Å². The minimum Gasteiger partial charge on any atom is -0.376 e. The van der Waals surface area contributed by atoms with Crippen LogP contribution in [0.1, 0.15) is 19.8 Å². The number of thiazole rings is 1. The first-order chi connectivity index (χ1) is 14.6. The van der Waals surface area contributed by atoms with Crippen LogP contribution in [0, 0.1) is 0 Å². The van der Waals surface area contributed by atoms with Crippen LogP contribution >= 0.6 is 23.1 Å². The third kappa shape index (κ3) is 4.21. The van der Waals surface area contributed by atoms with Gasteiger partial charge in [0.05, 0.1) is 11.8 Å². The lowest BCUT2D eigenvalue weighted by molar-refractivity contribution is -0.122. The van der Waals surface area contributed by atoms with Gasteiger partial charge in [-0.3, -0.25) is 14.2 Å². The number of hydrogen-bond donors (Lipinski definition) is 1.